The van der Waals surface area contributed by atoms with Crippen LogP contribution < -0.4 is 5.73 Å². The van der Waals surface area contributed by atoms with Crippen LogP contribution in [0.25, 0.3) is 0 Å². The molecular weight excluding hydrogens is 184 g/mol. The molecule has 0 aliphatic heterocycles. The monoisotopic (exact) mass is 204 g/mol. The van der Waals surface area contributed by atoms with E-state index in [0.717, 1.165) is 6.42 Å². The molecule has 2 N–H and O–H groups in total. The molecule has 0 aromatic heterocycles. The predicted molar refractivity (Wildman–Crippen MR) is 66.7 cm³/mol. The second-order valence-electron chi connectivity index (χ2n) is 4.70. The number of hydrogen-bond donors (Lipinski definition) is 1. The number of nitrogens with zero attached hydrogens (tertiary/aromatic N) is 1. The molecule has 0 atom stereocenters. The Morgan fingerprint density at radius 3 is 2.60 bits per heavy atom. The third-order valence-electron chi connectivity index (χ3n) is 2.32. The zero-order chi connectivity index (χ0) is 11.5. The van der Waals surface area contributed by atoms with E-state index in [1.807, 2.05) is 20.1 Å². The molecule has 0 amide bonds. The van der Waals surface area contributed by atoms with E-state index in [1.54, 1.807) is 7.05 Å². The fourth-order valence-corrected chi connectivity index (χ4v) is 1.70. The average Bonchev–Trinajstić information content (AvgIpc) is 2.08. The third kappa shape index (κ3) is 3.48. The molecule has 1 rings (SSSR count). The van der Waals surface area contributed by atoms with Gasteiger partial charge in [-0.05, 0) is 43.9 Å². The molecule has 2 heteroatoms. The van der Waals surface area contributed by atoms with E-state index in [9.17, 15) is 0 Å². The fourth-order valence-electron chi connectivity index (χ4n) is 1.70. The normalized spacial score (nSPS) is 12.3. The summed E-state index contributed by atoms with van der Waals surface area (Å²) >= 11 is 0. The van der Waals surface area contributed by atoms with Crippen molar-refractivity contribution in [1.29, 1.82) is 0 Å². The van der Waals surface area contributed by atoms with Crippen molar-refractivity contribution in [2.75, 3.05) is 7.05 Å². The summed E-state index contributed by atoms with van der Waals surface area (Å²) in [5.41, 5.74) is 9.59. The van der Waals surface area contributed by atoms with Gasteiger partial charge in [0.05, 0.1) is 0 Å². The van der Waals surface area contributed by atoms with Crippen LogP contribution in [0, 0.1) is 6.92 Å². The van der Waals surface area contributed by atoms with Gasteiger partial charge in [0.1, 0.15) is 0 Å². The molecule has 2 nitrogen and oxygen atoms in total. The van der Waals surface area contributed by atoms with Crippen LogP contribution in [0.2, 0.25) is 0 Å². The Labute approximate surface area is 92.2 Å². The molecule has 15 heavy (non-hydrogen) atoms. The molecule has 0 saturated heterocycles. The van der Waals surface area contributed by atoms with E-state index in [4.69, 9.17) is 5.73 Å². The van der Waals surface area contributed by atoms with Crippen LogP contribution in [-0.2, 0) is 6.42 Å². The van der Waals surface area contributed by atoms with Crippen molar-refractivity contribution in [3.63, 3.8) is 0 Å². The molecule has 0 spiro atoms. The van der Waals surface area contributed by atoms with Gasteiger partial charge in [0.15, 0.2) is 0 Å². The van der Waals surface area contributed by atoms with Crippen LogP contribution in [-0.4, -0.2) is 18.8 Å². The predicted octanol–water partition coefficient (Wildman–Crippen LogP) is 2.32. The van der Waals surface area contributed by atoms with Gasteiger partial charge in [0.2, 0.25) is 0 Å². The number of aryl methyl sites for hydroxylation is 1. The first-order valence-corrected chi connectivity index (χ1v) is 5.23. The first-order valence-electron chi connectivity index (χ1n) is 5.23. The summed E-state index contributed by atoms with van der Waals surface area (Å²) in [6.07, 6.45) is 2.78. The molecule has 0 aliphatic carbocycles. The minimum absolute atomic E-state index is 0.176. The largest absolute Gasteiger partial charge is 0.325 e. The van der Waals surface area contributed by atoms with Crippen molar-refractivity contribution in [1.82, 2.24) is 0 Å². The summed E-state index contributed by atoms with van der Waals surface area (Å²) < 4.78 is 0. The van der Waals surface area contributed by atoms with Gasteiger partial charge in [-0.2, -0.15) is 0 Å². The second-order valence-corrected chi connectivity index (χ2v) is 4.70. The molecule has 0 aliphatic rings. The minimum Gasteiger partial charge on any atom is -0.325 e. The first-order chi connectivity index (χ1) is 6.94. The van der Waals surface area contributed by atoms with E-state index in [1.165, 1.54) is 16.7 Å². The SMILES string of the molecule is CN=Cc1c(C)cccc1CC(C)(C)N. The van der Waals surface area contributed by atoms with Crippen LogP contribution in [0.4, 0.5) is 0 Å². The molecular formula is C13H20N2. The molecule has 0 heterocycles. The van der Waals surface area contributed by atoms with E-state index < -0.39 is 0 Å². The van der Waals surface area contributed by atoms with Crippen molar-refractivity contribution in [2.24, 2.45) is 10.7 Å². The standard InChI is InChI=1S/C13H20N2/c1-10-6-5-7-11(8-13(2,3)14)12(10)9-15-4/h5-7,9H,8,14H2,1-4H3. The Bertz CT molecular complexity index is 359. The quantitative estimate of drug-likeness (QED) is 0.754. The number of hydrogen-bond acceptors (Lipinski definition) is 2. The van der Waals surface area contributed by atoms with Gasteiger partial charge in [-0.25, -0.2) is 0 Å². The van der Waals surface area contributed by atoms with Gasteiger partial charge in [-0.3, -0.25) is 4.99 Å². The van der Waals surface area contributed by atoms with E-state index in [-0.39, 0.29) is 5.54 Å². The Morgan fingerprint density at radius 1 is 1.40 bits per heavy atom. The van der Waals surface area contributed by atoms with Crippen LogP contribution in [0.15, 0.2) is 23.2 Å². The smallest absolute Gasteiger partial charge is 0.0286 e. The fraction of sp³-hybridized carbons (Fsp3) is 0.462. The average molecular weight is 204 g/mol. The molecule has 82 valence electrons. The highest BCUT2D eigenvalue weighted by molar-refractivity contribution is 5.83. The van der Waals surface area contributed by atoms with E-state index >= 15 is 0 Å². The van der Waals surface area contributed by atoms with E-state index in [0.29, 0.717) is 0 Å². The molecule has 0 saturated carbocycles. The Balaban J connectivity index is 3.11. The van der Waals surface area contributed by atoms with Crippen LogP contribution in [0.5, 0.6) is 0 Å². The highest BCUT2D eigenvalue weighted by atomic mass is 14.7. The zero-order valence-corrected chi connectivity index (χ0v) is 10.0. The lowest BCUT2D eigenvalue weighted by Crippen LogP contribution is -2.34. The molecule has 0 bridgehead atoms. The molecule has 0 radical (unpaired) electrons. The summed E-state index contributed by atoms with van der Waals surface area (Å²) in [5, 5.41) is 0. The van der Waals surface area contributed by atoms with Crippen molar-refractivity contribution < 1.29 is 0 Å². The van der Waals surface area contributed by atoms with Crippen LogP contribution in [0.1, 0.15) is 30.5 Å². The highest BCUT2D eigenvalue weighted by Gasteiger charge is 2.14. The van der Waals surface area contributed by atoms with Gasteiger partial charge < -0.3 is 5.73 Å². The Morgan fingerprint density at radius 2 is 2.07 bits per heavy atom. The van der Waals surface area contributed by atoms with Crippen molar-refractivity contribution in [3.8, 4) is 0 Å². The van der Waals surface area contributed by atoms with Crippen molar-refractivity contribution >= 4 is 6.21 Å². The Kier molecular flexibility index (Phi) is 3.64. The Hall–Kier alpha value is -1.15. The maximum absolute atomic E-state index is 6.04. The maximum atomic E-state index is 6.04. The van der Waals surface area contributed by atoms with E-state index in [2.05, 4.69) is 30.1 Å². The highest BCUT2D eigenvalue weighted by Crippen LogP contribution is 2.17. The molecule has 1 aromatic rings. The number of rotatable bonds is 3. The van der Waals surface area contributed by atoms with Crippen molar-refractivity contribution in [2.45, 2.75) is 32.7 Å². The van der Waals surface area contributed by atoms with Crippen LogP contribution in [0.3, 0.4) is 0 Å². The number of aliphatic imine (C=N–C) groups is 1. The van der Waals surface area contributed by atoms with Gasteiger partial charge in [0.25, 0.3) is 0 Å². The molecule has 0 fully saturated rings. The second kappa shape index (κ2) is 4.58. The summed E-state index contributed by atoms with van der Waals surface area (Å²) in [7, 11) is 1.80. The van der Waals surface area contributed by atoms with Crippen LogP contribution >= 0.6 is 0 Å². The summed E-state index contributed by atoms with van der Waals surface area (Å²) in [6, 6.07) is 6.30. The summed E-state index contributed by atoms with van der Waals surface area (Å²) in [4.78, 5) is 4.09. The van der Waals surface area contributed by atoms with Crippen molar-refractivity contribution in [3.05, 3.63) is 34.9 Å². The number of benzene rings is 1. The first kappa shape index (κ1) is 11.9. The topological polar surface area (TPSA) is 38.4 Å². The van der Waals surface area contributed by atoms with Gasteiger partial charge in [-0.15, -0.1) is 0 Å². The summed E-state index contributed by atoms with van der Waals surface area (Å²) in [5.74, 6) is 0. The molecule has 0 unspecified atom stereocenters. The molecule has 1 aromatic carbocycles. The number of nitrogens with two attached hydrogens (primary N) is 1. The summed E-state index contributed by atoms with van der Waals surface area (Å²) in [6.45, 7) is 6.19. The maximum Gasteiger partial charge on any atom is 0.0286 e. The third-order valence-corrected chi connectivity index (χ3v) is 2.32. The minimum atomic E-state index is -0.176. The van der Waals surface area contributed by atoms with Gasteiger partial charge in [-0.1, -0.05) is 18.2 Å². The van der Waals surface area contributed by atoms with Gasteiger partial charge in [0, 0.05) is 18.8 Å². The lowest BCUT2D eigenvalue weighted by molar-refractivity contribution is 0.516. The lowest BCUT2D eigenvalue weighted by Gasteiger charge is -2.20. The van der Waals surface area contributed by atoms with Gasteiger partial charge >= 0.3 is 0 Å². The zero-order valence-electron chi connectivity index (χ0n) is 10.0. The lowest BCUT2D eigenvalue weighted by atomic mass is 9.91.